The molecule has 1 aliphatic heterocycles. The van der Waals surface area contributed by atoms with E-state index in [-0.39, 0.29) is 17.9 Å². The lowest BCUT2D eigenvalue weighted by Crippen LogP contribution is -2.48. The van der Waals surface area contributed by atoms with Crippen molar-refractivity contribution in [2.75, 3.05) is 18.0 Å². The van der Waals surface area contributed by atoms with Crippen molar-refractivity contribution < 1.29 is 4.79 Å². The number of aromatic nitrogens is 2. The van der Waals surface area contributed by atoms with Crippen LogP contribution in [-0.2, 0) is 11.8 Å². The van der Waals surface area contributed by atoms with E-state index in [2.05, 4.69) is 21.9 Å². The molecule has 1 fully saturated rings. The highest BCUT2D eigenvalue weighted by atomic mass is 16.1. The Morgan fingerprint density at radius 1 is 1.44 bits per heavy atom. The number of nitrogens with zero attached hydrogens (tertiary/aromatic N) is 3. The quantitative estimate of drug-likeness (QED) is 0.824. The molecule has 0 bridgehead atoms. The Hall–Kier alpha value is -2.56. The number of piperidine rings is 1. The first-order valence-corrected chi connectivity index (χ1v) is 8.86. The van der Waals surface area contributed by atoms with Gasteiger partial charge in [-0.25, -0.2) is 0 Å². The van der Waals surface area contributed by atoms with Gasteiger partial charge in [-0.1, -0.05) is 36.4 Å². The van der Waals surface area contributed by atoms with Crippen LogP contribution in [0.5, 0.6) is 0 Å². The standard InChI is InChI=1S/C20H26N4O/c1-3-16(17-8-5-4-6-9-17)12-20(25)22-18-10-7-11-24(14-18)19-13-21-23(2)15-19/h3-6,8-9,13,15-16,18H,1,7,10-12,14H2,2H3,(H,22,25). The number of allylic oxidation sites excluding steroid dienone is 1. The van der Waals surface area contributed by atoms with Gasteiger partial charge in [0.05, 0.1) is 11.9 Å². The maximum atomic E-state index is 12.5. The summed E-state index contributed by atoms with van der Waals surface area (Å²) in [4.78, 5) is 14.8. The molecule has 2 aromatic rings. The number of anilines is 1. The summed E-state index contributed by atoms with van der Waals surface area (Å²) in [5, 5.41) is 7.44. The molecule has 2 heterocycles. The number of rotatable bonds is 6. The molecule has 5 nitrogen and oxygen atoms in total. The third-order valence-electron chi connectivity index (χ3n) is 4.76. The highest BCUT2D eigenvalue weighted by Crippen LogP contribution is 2.22. The molecular weight excluding hydrogens is 312 g/mol. The number of hydrogen-bond acceptors (Lipinski definition) is 3. The summed E-state index contributed by atoms with van der Waals surface area (Å²) >= 11 is 0. The van der Waals surface area contributed by atoms with Gasteiger partial charge < -0.3 is 10.2 Å². The first-order valence-electron chi connectivity index (χ1n) is 8.86. The molecule has 132 valence electrons. The van der Waals surface area contributed by atoms with Crippen LogP contribution in [0.15, 0.2) is 55.4 Å². The second kappa shape index (κ2) is 8.01. The van der Waals surface area contributed by atoms with Crippen LogP contribution in [0.25, 0.3) is 0 Å². The van der Waals surface area contributed by atoms with E-state index in [1.807, 2.05) is 60.5 Å². The minimum Gasteiger partial charge on any atom is -0.367 e. The van der Waals surface area contributed by atoms with Gasteiger partial charge in [-0.3, -0.25) is 9.48 Å². The Bertz CT molecular complexity index is 709. The highest BCUT2D eigenvalue weighted by Gasteiger charge is 2.23. The van der Waals surface area contributed by atoms with E-state index in [0.29, 0.717) is 6.42 Å². The Morgan fingerprint density at radius 2 is 2.24 bits per heavy atom. The van der Waals surface area contributed by atoms with E-state index in [4.69, 9.17) is 0 Å². The summed E-state index contributed by atoms with van der Waals surface area (Å²) in [6, 6.07) is 10.3. The summed E-state index contributed by atoms with van der Waals surface area (Å²) in [7, 11) is 1.92. The van der Waals surface area contributed by atoms with E-state index in [9.17, 15) is 4.79 Å². The van der Waals surface area contributed by atoms with Crippen molar-refractivity contribution in [1.29, 1.82) is 0 Å². The third-order valence-corrected chi connectivity index (χ3v) is 4.76. The number of aryl methyl sites for hydroxylation is 1. The number of benzene rings is 1. The molecule has 25 heavy (non-hydrogen) atoms. The predicted molar refractivity (Wildman–Crippen MR) is 101 cm³/mol. The first-order chi connectivity index (χ1) is 12.2. The molecular formula is C20H26N4O. The molecule has 3 rings (SSSR count). The van der Waals surface area contributed by atoms with Crippen LogP contribution in [0.3, 0.4) is 0 Å². The Kier molecular flexibility index (Phi) is 5.53. The largest absolute Gasteiger partial charge is 0.367 e. The van der Waals surface area contributed by atoms with Crippen LogP contribution in [-0.4, -0.2) is 34.8 Å². The lowest BCUT2D eigenvalue weighted by Gasteiger charge is -2.34. The third kappa shape index (κ3) is 4.50. The molecule has 1 N–H and O–H groups in total. The van der Waals surface area contributed by atoms with E-state index in [1.165, 1.54) is 0 Å². The van der Waals surface area contributed by atoms with Gasteiger partial charge in [-0.15, -0.1) is 6.58 Å². The van der Waals surface area contributed by atoms with Crippen LogP contribution < -0.4 is 10.2 Å². The van der Waals surface area contributed by atoms with Gasteiger partial charge in [0.15, 0.2) is 0 Å². The van der Waals surface area contributed by atoms with E-state index in [1.54, 1.807) is 0 Å². The predicted octanol–water partition coefficient (Wildman–Crippen LogP) is 2.87. The molecule has 1 amide bonds. The zero-order valence-electron chi connectivity index (χ0n) is 14.8. The van der Waals surface area contributed by atoms with Gasteiger partial charge in [-0.2, -0.15) is 5.10 Å². The van der Waals surface area contributed by atoms with Gasteiger partial charge >= 0.3 is 0 Å². The van der Waals surface area contributed by atoms with Crippen LogP contribution in [0.4, 0.5) is 5.69 Å². The van der Waals surface area contributed by atoms with Crippen molar-refractivity contribution in [3.63, 3.8) is 0 Å². The monoisotopic (exact) mass is 338 g/mol. The normalized spacial score (nSPS) is 18.6. The molecule has 0 aliphatic carbocycles. The maximum absolute atomic E-state index is 12.5. The molecule has 1 aromatic carbocycles. The summed E-state index contributed by atoms with van der Waals surface area (Å²) in [6.07, 6.45) is 8.30. The Morgan fingerprint density at radius 3 is 2.92 bits per heavy atom. The summed E-state index contributed by atoms with van der Waals surface area (Å²) in [5.41, 5.74) is 2.25. The number of hydrogen-bond donors (Lipinski definition) is 1. The minimum atomic E-state index is 0.0548. The summed E-state index contributed by atoms with van der Waals surface area (Å²) in [5.74, 6) is 0.144. The molecule has 1 aromatic heterocycles. The van der Waals surface area contributed by atoms with E-state index < -0.39 is 0 Å². The minimum absolute atomic E-state index is 0.0548. The fourth-order valence-corrected chi connectivity index (χ4v) is 3.42. The van der Waals surface area contributed by atoms with E-state index >= 15 is 0 Å². The fourth-order valence-electron chi connectivity index (χ4n) is 3.42. The van der Waals surface area contributed by atoms with Gasteiger partial charge in [0.25, 0.3) is 0 Å². The number of carbonyl (C=O) groups is 1. The van der Waals surface area contributed by atoms with E-state index in [0.717, 1.165) is 37.2 Å². The zero-order valence-corrected chi connectivity index (χ0v) is 14.8. The van der Waals surface area contributed by atoms with Gasteiger partial charge in [-0.05, 0) is 18.4 Å². The second-order valence-corrected chi connectivity index (χ2v) is 6.68. The molecule has 2 unspecified atom stereocenters. The van der Waals surface area contributed by atoms with Gasteiger partial charge in [0, 0.05) is 44.7 Å². The zero-order chi connectivity index (χ0) is 17.6. The van der Waals surface area contributed by atoms with Gasteiger partial charge in [0.2, 0.25) is 5.91 Å². The molecule has 1 aliphatic rings. The van der Waals surface area contributed by atoms with Crippen LogP contribution in [0.1, 0.15) is 30.7 Å². The van der Waals surface area contributed by atoms with Crippen molar-refractivity contribution in [3.8, 4) is 0 Å². The van der Waals surface area contributed by atoms with Crippen molar-refractivity contribution in [2.24, 2.45) is 7.05 Å². The first kappa shape index (κ1) is 17.3. The van der Waals surface area contributed by atoms with Crippen LogP contribution in [0, 0.1) is 0 Å². The lowest BCUT2D eigenvalue weighted by molar-refractivity contribution is -0.122. The Labute approximate surface area is 149 Å². The van der Waals surface area contributed by atoms with Crippen LogP contribution >= 0.6 is 0 Å². The SMILES string of the molecule is C=CC(CC(=O)NC1CCCN(c2cnn(C)c2)C1)c1ccccc1. The van der Waals surface area contributed by atoms with Crippen molar-refractivity contribution >= 4 is 11.6 Å². The number of amides is 1. The lowest BCUT2D eigenvalue weighted by atomic mass is 9.95. The van der Waals surface area contributed by atoms with Crippen molar-refractivity contribution in [1.82, 2.24) is 15.1 Å². The molecule has 0 spiro atoms. The average Bonchev–Trinajstić information content (AvgIpc) is 3.07. The van der Waals surface area contributed by atoms with Crippen LogP contribution in [0.2, 0.25) is 0 Å². The van der Waals surface area contributed by atoms with Crippen molar-refractivity contribution in [3.05, 3.63) is 60.9 Å². The van der Waals surface area contributed by atoms with Crippen molar-refractivity contribution in [2.45, 2.75) is 31.2 Å². The average molecular weight is 338 g/mol. The molecule has 0 radical (unpaired) electrons. The molecule has 0 saturated carbocycles. The van der Waals surface area contributed by atoms with Gasteiger partial charge in [0.1, 0.15) is 0 Å². The topological polar surface area (TPSA) is 50.2 Å². The Balaban J connectivity index is 1.56. The molecule has 5 heteroatoms. The fraction of sp³-hybridized carbons (Fsp3) is 0.400. The second-order valence-electron chi connectivity index (χ2n) is 6.68. The summed E-state index contributed by atoms with van der Waals surface area (Å²) < 4.78 is 1.81. The number of carbonyl (C=O) groups excluding carboxylic acids is 1. The molecule has 1 saturated heterocycles. The highest BCUT2D eigenvalue weighted by molar-refractivity contribution is 5.77. The number of nitrogens with one attached hydrogen (secondary N) is 1. The maximum Gasteiger partial charge on any atom is 0.221 e. The summed E-state index contributed by atoms with van der Waals surface area (Å²) in [6.45, 7) is 5.74. The molecule has 2 atom stereocenters. The smallest absolute Gasteiger partial charge is 0.221 e.